The average Bonchev–Trinajstić information content (AvgIpc) is 2.91. The lowest BCUT2D eigenvalue weighted by molar-refractivity contribution is -0.127. The third-order valence-electron chi connectivity index (χ3n) is 6.39. The molecule has 2 amide bonds. The third-order valence-corrected chi connectivity index (χ3v) is 6.39. The highest BCUT2D eigenvalue weighted by molar-refractivity contribution is 5.79. The van der Waals surface area contributed by atoms with Crippen LogP contribution in [0.15, 0.2) is 91.0 Å². The largest absolute Gasteiger partial charge is 0.444 e. The second-order valence-electron chi connectivity index (χ2n) is 10.8. The summed E-state index contributed by atoms with van der Waals surface area (Å²) in [4.78, 5) is 26.2. The first-order valence-corrected chi connectivity index (χ1v) is 13.4. The number of benzene rings is 3. The molecule has 208 valence electrons. The Morgan fingerprint density at radius 3 is 1.82 bits per heavy atom. The topological polar surface area (TPSA) is 108 Å². The molecular formula is C32H40N2O5. The molecule has 7 heteroatoms. The maximum absolute atomic E-state index is 13.6. The van der Waals surface area contributed by atoms with Crippen LogP contribution in [-0.4, -0.2) is 46.6 Å². The lowest BCUT2D eigenvalue weighted by atomic mass is 9.88. The number of nitrogens with one attached hydrogen (secondary N) is 2. The van der Waals surface area contributed by atoms with Crippen LogP contribution in [-0.2, 0) is 22.4 Å². The van der Waals surface area contributed by atoms with Gasteiger partial charge < -0.3 is 25.6 Å². The van der Waals surface area contributed by atoms with E-state index in [2.05, 4.69) is 10.6 Å². The minimum absolute atomic E-state index is 0.0982. The number of ether oxygens (including phenoxy) is 1. The number of hydrogen-bond acceptors (Lipinski definition) is 5. The molecule has 0 aliphatic heterocycles. The third kappa shape index (κ3) is 10.2. The van der Waals surface area contributed by atoms with Gasteiger partial charge in [0, 0.05) is 5.92 Å². The van der Waals surface area contributed by atoms with Crippen LogP contribution in [0.1, 0.15) is 49.9 Å². The summed E-state index contributed by atoms with van der Waals surface area (Å²) >= 11 is 0. The molecule has 39 heavy (non-hydrogen) atoms. The number of rotatable bonds is 12. The monoisotopic (exact) mass is 532 g/mol. The van der Waals surface area contributed by atoms with Gasteiger partial charge in [0.05, 0.1) is 24.8 Å². The molecule has 0 saturated heterocycles. The molecule has 3 aromatic rings. The van der Waals surface area contributed by atoms with Crippen LogP contribution in [0.3, 0.4) is 0 Å². The van der Waals surface area contributed by atoms with Crippen LogP contribution in [0, 0.1) is 5.92 Å². The highest BCUT2D eigenvalue weighted by Crippen LogP contribution is 2.21. The summed E-state index contributed by atoms with van der Waals surface area (Å²) < 4.78 is 5.45. The normalized spacial score (nSPS) is 14.5. The van der Waals surface area contributed by atoms with Crippen molar-refractivity contribution < 1.29 is 24.5 Å². The predicted octanol–water partition coefficient (Wildman–Crippen LogP) is 4.58. The Morgan fingerprint density at radius 2 is 1.31 bits per heavy atom. The Kier molecular flexibility index (Phi) is 11.1. The molecule has 0 aromatic heterocycles. The van der Waals surface area contributed by atoms with Gasteiger partial charge in [-0.1, -0.05) is 91.0 Å². The molecular weight excluding hydrogens is 492 g/mol. The second kappa shape index (κ2) is 14.5. The Hall–Kier alpha value is -3.68. The van der Waals surface area contributed by atoms with E-state index < -0.39 is 35.8 Å². The van der Waals surface area contributed by atoms with Crippen molar-refractivity contribution in [3.8, 4) is 0 Å². The number of amides is 2. The Morgan fingerprint density at radius 1 is 0.795 bits per heavy atom. The summed E-state index contributed by atoms with van der Waals surface area (Å²) in [5.74, 6) is -0.893. The number of hydrogen-bond donors (Lipinski definition) is 4. The molecule has 0 heterocycles. The maximum atomic E-state index is 13.6. The zero-order valence-corrected chi connectivity index (χ0v) is 22.9. The maximum Gasteiger partial charge on any atom is 0.407 e. The smallest absolute Gasteiger partial charge is 0.407 e. The van der Waals surface area contributed by atoms with Gasteiger partial charge in [-0.05, 0) is 56.7 Å². The van der Waals surface area contributed by atoms with Crippen LogP contribution < -0.4 is 10.6 Å². The summed E-state index contributed by atoms with van der Waals surface area (Å²) in [5.41, 5.74) is 1.98. The van der Waals surface area contributed by atoms with E-state index >= 15 is 0 Å². The van der Waals surface area contributed by atoms with Crippen LogP contribution in [0.2, 0.25) is 0 Å². The summed E-state index contributed by atoms with van der Waals surface area (Å²) in [7, 11) is 0. The highest BCUT2D eigenvalue weighted by atomic mass is 16.6. The molecule has 0 radical (unpaired) electrons. The first-order chi connectivity index (χ1) is 18.6. The summed E-state index contributed by atoms with van der Waals surface area (Å²) in [5, 5.41) is 27.2. The zero-order chi connectivity index (χ0) is 28.3. The van der Waals surface area contributed by atoms with Gasteiger partial charge >= 0.3 is 6.09 Å². The highest BCUT2D eigenvalue weighted by Gasteiger charge is 2.31. The lowest BCUT2D eigenvalue weighted by Gasteiger charge is -2.29. The van der Waals surface area contributed by atoms with Crippen LogP contribution in [0.25, 0.3) is 0 Å². The van der Waals surface area contributed by atoms with Gasteiger partial charge in [0.15, 0.2) is 0 Å². The zero-order valence-electron chi connectivity index (χ0n) is 22.9. The molecule has 0 saturated carbocycles. The molecule has 0 spiro atoms. The van der Waals surface area contributed by atoms with Crippen LogP contribution in [0.5, 0.6) is 0 Å². The van der Waals surface area contributed by atoms with Crippen LogP contribution >= 0.6 is 0 Å². The summed E-state index contributed by atoms with van der Waals surface area (Å²) in [6, 6.07) is 27.2. The Bertz CT molecular complexity index is 1150. The first kappa shape index (κ1) is 29.9. The van der Waals surface area contributed by atoms with E-state index in [4.69, 9.17) is 4.74 Å². The van der Waals surface area contributed by atoms with Crippen molar-refractivity contribution in [2.45, 2.75) is 63.8 Å². The standard InChI is InChI=1S/C32H40N2O5/c1-32(2,3)39-31(38)34-27(20-24-15-9-5-10-16-24)29(36)21-26(19-23-13-7-4-8-14-23)30(37)33-28(22-35)25-17-11-6-12-18-25/h4-18,26-29,35-36H,19-22H2,1-3H3,(H,33,37)(H,34,38)/t26-,27?,28-,29+/m1/s1. The molecule has 4 N–H and O–H groups in total. The van der Waals surface area contributed by atoms with E-state index in [1.54, 1.807) is 20.8 Å². The molecule has 0 aliphatic rings. The average molecular weight is 533 g/mol. The number of alkyl carbamates (subject to hydrolysis) is 1. The number of aliphatic hydroxyl groups is 2. The van der Waals surface area contributed by atoms with Gasteiger partial charge in [0.2, 0.25) is 5.91 Å². The fourth-order valence-electron chi connectivity index (χ4n) is 4.46. The molecule has 3 rings (SSSR count). The fraction of sp³-hybridized carbons (Fsp3) is 0.375. The Labute approximate surface area is 231 Å². The molecule has 0 bridgehead atoms. The van der Waals surface area contributed by atoms with E-state index in [9.17, 15) is 19.8 Å². The van der Waals surface area contributed by atoms with Gasteiger partial charge in [0.1, 0.15) is 5.60 Å². The quantitative estimate of drug-likeness (QED) is 0.273. The Balaban J connectivity index is 1.82. The van der Waals surface area contributed by atoms with Gasteiger partial charge in [-0.25, -0.2) is 4.79 Å². The predicted molar refractivity (Wildman–Crippen MR) is 152 cm³/mol. The summed E-state index contributed by atoms with van der Waals surface area (Å²) in [6.45, 7) is 5.08. The fourth-order valence-corrected chi connectivity index (χ4v) is 4.46. The van der Waals surface area contributed by atoms with Gasteiger partial charge in [0.25, 0.3) is 0 Å². The van der Waals surface area contributed by atoms with Crippen molar-refractivity contribution in [1.29, 1.82) is 0 Å². The molecule has 0 aliphatic carbocycles. The molecule has 0 fully saturated rings. The van der Waals surface area contributed by atoms with E-state index in [1.807, 2.05) is 91.0 Å². The second-order valence-corrected chi connectivity index (χ2v) is 10.8. The van der Waals surface area contributed by atoms with Gasteiger partial charge in [-0.15, -0.1) is 0 Å². The SMILES string of the molecule is CC(C)(C)OC(=O)NC(Cc1ccccc1)[C@@H](O)C[C@@H](Cc1ccccc1)C(=O)N[C@H](CO)c1ccccc1. The number of aliphatic hydroxyl groups excluding tert-OH is 2. The first-order valence-electron chi connectivity index (χ1n) is 13.4. The van der Waals surface area contributed by atoms with Gasteiger partial charge in [-0.2, -0.15) is 0 Å². The minimum atomic E-state index is -1.04. The molecule has 7 nitrogen and oxygen atoms in total. The van der Waals surface area contributed by atoms with Crippen molar-refractivity contribution in [2.75, 3.05) is 6.61 Å². The van der Waals surface area contributed by atoms with Gasteiger partial charge in [-0.3, -0.25) is 4.79 Å². The number of carbonyl (C=O) groups is 2. The lowest BCUT2D eigenvalue weighted by Crippen LogP contribution is -2.48. The van der Waals surface area contributed by atoms with E-state index in [1.165, 1.54) is 0 Å². The van der Waals surface area contributed by atoms with Crippen LogP contribution in [0.4, 0.5) is 4.79 Å². The van der Waals surface area contributed by atoms with Crippen molar-refractivity contribution in [3.63, 3.8) is 0 Å². The molecule has 3 aromatic carbocycles. The van der Waals surface area contributed by atoms with Crippen molar-refractivity contribution in [1.82, 2.24) is 10.6 Å². The number of carbonyl (C=O) groups excluding carboxylic acids is 2. The molecule has 4 atom stereocenters. The van der Waals surface area contributed by atoms with Crippen molar-refractivity contribution >= 4 is 12.0 Å². The van der Waals surface area contributed by atoms with E-state index in [-0.39, 0.29) is 18.9 Å². The molecule has 1 unspecified atom stereocenters. The van der Waals surface area contributed by atoms with Crippen molar-refractivity contribution in [3.05, 3.63) is 108 Å². The minimum Gasteiger partial charge on any atom is -0.444 e. The van der Waals surface area contributed by atoms with E-state index in [0.29, 0.717) is 12.8 Å². The van der Waals surface area contributed by atoms with Crippen molar-refractivity contribution in [2.24, 2.45) is 5.92 Å². The summed E-state index contributed by atoms with van der Waals surface area (Å²) in [6.07, 6.45) is -0.816. The van der Waals surface area contributed by atoms with E-state index in [0.717, 1.165) is 16.7 Å².